The van der Waals surface area contributed by atoms with Crippen LogP contribution in [0.5, 0.6) is 11.5 Å². The summed E-state index contributed by atoms with van der Waals surface area (Å²) in [5.41, 5.74) is 1.69. The number of nitrogens with zero attached hydrogens (tertiary/aromatic N) is 1. The van der Waals surface area contributed by atoms with Crippen molar-refractivity contribution in [3.8, 4) is 11.5 Å². The summed E-state index contributed by atoms with van der Waals surface area (Å²) in [6, 6.07) is 10.5. The van der Waals surface area contributed by atoms with E-state index in [1.54, 1.807) is 24.3 Å². The maximum absolute atomic E-state index is 13.1. The number of anilines is 2. The van der Waals surface area contributed by atoms with Crippen molar-refractivity contribution in [1.82, 2.24) is 0 Å². The molecule has 7 heteroatoms. The summed E-state index contributed by atoms with van der Waals surface area (Å²) in [7, 11) is 1.53. The van der Waals surface area contributed by atoms with Gasteiger partial charge in [0.05, 0.1) is 29.6 Å². The van der Waals surface area contributed by atoms with Gasteiger partial charge in [0.1, 0.15) is 6.54 Å². The van der Waals surface area contributed by atoms with Gasteiger partial charge in [-0.1, -0.05) is 19.1 Å². The Morgan fingerprint density at radius 1 is 1.31 bits per heavy atom. The van der Waals surface area contributed by atoms with E-state index in [1.807, 2.05) is 19.1 Å². The fourth-order valence-corrected chi connectivity index (χ4v) is 3.31. The van der Waals surface area contributed by atoms with Crippen LogP contribution in [0.3, 0.4) is 0 Å². The molecule has 2 amide bonds. The number of hydrogen-bond donors (Lipinski definition) is 1. The highest BCUT2D eigenvalue weighted by molar-refractivity contribution is 9.10. The number of nitrogens with one attached hydrogen (secondary N) is 1. The number of hydrogen-bond acceptors (Lipinski definition) is 4. The molecule has 1 heterocycles. The first kappa shape index (κ1) is 18.3. The van der Waals surface area contributed by atoms with Gasteiger partial charge in [0.2, 0.25) is 5.91 Å². The van der Waals surface area contributed by atoms with Crippen molar-refractivity contribution in [1.29, 1.82) is 0 Å². The Kier molecular flexibility index (Phi) is 5.46. The monoisotopic (exact) mass is 418 g/mol. The molecule has 0 saturated heterocycles. The van der Waals surface area contributed by atoms with Crippen molar-refractivity contribution in [3.05, 3.63) is 46.4 Å². The second kappa shape index (κ2) is 7.78. The number of fused-ring (bicyclic) bond motifs is 1. The predicted molar refractivity (Wildman–Crippen MR) is 103 cm³/mol. The lowest BCUT2D eigenvalue weighted by Gasteiger charge is -2.29. The lowest BCUT2D eigenvalue weighted by Crippen LogP contribution is -2.42. The zero-order chi connectivity index (χ0) is 18.7. The smallest absolute Gasteiger partial charge is 0.259 e. The van der Waals surface area contributed by atoms with Gasteiger partial charge in [-0.05, 0) is 46.6 Å². The molecule has 0 spiro atoms. The molecule has 6 nitrogen and oxygen atoms in total. The number of methoxy groups -OCH3 is 1. The normalized spacial score (nSPS) is 13.0. The van der Waals surface area contributed by atoms with Crippen molar-refractivity contribution in [2.45, 2.75) is 13.3 Å². The number of amides is 2. The van der Waals surface area contributed by atoms with E-state index in [1.165, 1.54) is 12.0 Å². The summed E-state index contributed by atoms with van der Waals surface area (Å²) in [6.07, 6.45) is 0.857. The number of benzene rings is 2. The van der Waals surface area contributed by atoms with Gasteiger partial charge in [-0.15, -0.1) is 0 Å². The molecule has 0 aromatic heterocycles. The Labute approximate surface area is 160 Å². The summed E-state index contributed by atoms with van der Waals surface area (Å²) >= 11 is 3.45. The van der Waals surface area contributed by atoms with E-state index >= 15 is 0 Å². The topological polar surface area (TPSA) is 67.9 Å². The van der Waals surface area contributed by atoms with E-state index in [-0.39, 0.29) is 18.4 Å². The van der Waals surface area contributed by atoms with E-state index in [9.17, 15) is 9.59 Å². The lowest BCUT2D eigenvalue weighted by molar-refractivity contribution is -0.115. The van der Waals surface area contributed by atoms with Gasteiger partial charge in [-0.3, -0.25) is 14.5 Å². The fraction of sp³-hybridized carbons (Fsp3) is 0.263. The molecule has 0 atom stereocenters. The van der Waals surface area contributed by atoms with E-state index < -0.39 is 0 Å². The quantitative estimate of drug-likeness (QED) is 0.800. The molecule has 0 unspecified atom stereocenters. The molecule has 1 aliphatic heterocycles. The van der Waals surface area contributed by atoms with Gasteiger partial charge < -0.3 is 14.8 Å². The fourth-order valence-electron chi connectivity index (χ4n) is 2.76. The van der Waals surface area contributed by atoms with Crippen molar-refractivity contribution in [3.63, 3.8) is 0 Å². The molecule has 2 aromatic carbocycles. The zero-order valence-corrected chi connectivity index (χ0v) is 16.1. The van der Waals surface area contributed by atoms with Crippen LogP contribution >= 0.6 is 15.9 Å². The molecule has 0 aliphatic carbocycles. The highest BCUT2D eigenvalue weighted by Gasteiger charge is 2.28. The van der Waals surface area contributed by atoms with Crippen LogP contribution in [0.1, 0.15) is 23.7 Å². The zero-order valence-electron chi connectivity index (χ0n) is 14.5. The number of carbonyl (C=O) groups is 2. The summed E-state index contributed by atoms with van der Waals surface area (Å²) in [4.78, 5) is 26.5. The van der Waals surface area contributed by atoms with Gasteiger partial charge in [0, 0.05) is 5.56 Å². The van der Waals surface area contributed by atoms with Crippen LogP contribution in [0.15, 0.2) is 40.9 Å². The first-order chi connectivity index (χ1) is 12.5. The average Bonchev–Trinajstić information content (AvgIpc) is 2.65. The Bertz CT molecular complexity index is 853. The van der Waals surface area contributed by atoms with E-state index in [2.05, 4.69) is 21.2 Å². The molecule has 0 fully saturated rings. The minimum absolute atomic E-state index is 0.0378. The average molecular weight is 419 g/mol. The Morgan fingerprint density at radius 3 is 2.81 bits per heavy atom. The van der Waals surface area contributed by atoms with Crippen molar-refractivity contribution < 1.29 is 19.1 Å². The highest BCUT2D eigenvalue weighted by atomic mass is 79.9. The van der Waals surface area contributed by atoms with Gasteiger partial charge in [0.25, 0.3) is 5.91 Å². The van der Waals surface area contributed by atoms with Crippen molar-refractivity contribution >= 4 is 39.1 Å². The lowest BCUT2D eigenvalue weighted by atomic mass is 10.1. The highest BCUT2D eigenvalue weighted by Crippen LogP contribution is 2.38. The predicted octanol–water partition coefficient (Wildman–Crippen LogP) is 3.85. The molecule has 0 saturated carbocycles. The van der Waals surface area contributed by atoms with Gasteiger partial charge >= 0.3 is 0 Å². The molecular formula is C19H19BrN2O4. The molecule has 2 aromatic rings. The number of para-hydroxylation sites is 2. The Morgan fingerprint density at radius 2 is 2.08 bits per heavy atom. The van der Waals surface area contributed by atoms with Crippen LogP contribution in [0.4, 0.5) is 11.4 Å². The third kappa shape index (κ3) is 3.53. The molecule has 3 rings (SSSR count). The maximum atomic E-state index is 13.1. The number of rotatable bonds is 5. The minimum atomic E-state index is -0.284. The molecule has 26 heavy (non-hydrogen) atoms. The van der Waals surface area contributed by atoms with Crippen molar-refractivity contribution in [2.24, 2.45) is 0 Å². The van der Waals surface area contributed by atoms with Crippen LogP contribution < -0.4 is 19.7 Å². The van der Waals surface area contributed by atoms with E-state index in [0.717, 1.165) is 6.42 Å². The SMILES string of the molecule is CCCOc1c(Br)cc(C(=O)N2CC(=O)Nc3ccccc32)cc1OC. The first-order valence-electron chi connectivity index (χ1n) is 8.26. The van der Waals surface area contributed by atoms with Crippen LogP contribution in [0.2, 0.25) is 0 Å². The summed E-state index contributed by atoms with van der Waals surface area (Å²) < 4.78 is 11.7. The summed E-state index contributed by atoms with van der Waals surface area (Å²) in [6.45, 7) is 2.52. The second-order valence-corrected chi connectivity index (χ2v) is 6.65. The Hall–Kier alpha value is -2.54. The number of ether oxygens (including phenoxy) is 2. The second-order valence-electron chi connectivity index (χ2n) is 5.79. The summed E-state index contributed by atoms with van der Waals surface area (Å²) in [5, 5.41) is 2.78. The Balaban J connectivity index is 1.98. The summed E-state index contributed by atoms with van der Waals surface area (Å²) in [5.74, 6) is 0.507. The maximum Gasteiger partial charge on any atom is 0.259 e. The van der Waals surface area contributed by atoms with Crippen LogP contribution in [0.25, 0.3) is 0 Å². The third-order valence-electron chi connectivity index (χ3n) is 3.94. The van der Waals surface area contributed by atoms with E-state index in [4.69, 9.17) is 9.47 Å². The largest absolute Gasteiger partial charge is 0.493 e. The van der Waals surface area contributed by atoms with Gasteiger partial charge in [-0.25, -0.2) is 0 Å². The van der Waals surface area contributed by atoms with Crippen LogP contribution in [-0.4, -0.2) is 32.1 Å². The molecular weight excluding hydrogens is 400 g/mol. The third-order valence-corrected chi connectivity index (χ3v) is 4.53. The minimum Gasteiger partial charge on any atom is -0.493 e. The molecule has 136 valence electrons. The van der Waals surface area contributed by atoms with E-state index in [0.29, 0.717) is 39.5 Å². The standard InChI is InChI=1S/C19H19BrN2O4/c1-3-8-26-18-13(20)9-12(10-16(18)25-2)19(24)22-11-17(23)21-14-6-4-5-7-15(14)22/h4-7,9-10H,3,8,11H2,1-2H3,(H,21,23). The number of halogens is 1. The number of carbonyl (C=O) groups excluding carboxylic acids is 2. The molecule has 1 aliphatic rings. The van der Waals surface area contributed by atoms with Crippen LogP contribution in [-0.2, 0) is 4.79 Å². The van der Waals surface area contributed by atoms with Gasteiger partial charge in [-0.2, -0.15) is 0 Å². The first-order valence-corrected chi connectivity index (χ1v) is 9.05. The van der Waals surface area contributed by atoms with Gasteiger partial charge in [0.15, 0.2) is 11.5 Å². The van der Waals surface area contributed by atoms with Crippen LogP contribution in [0, 0.1) is 0 Å². The van der Waals surface area contributed by atoms with Crippen molar-refractivity contribution in [2.75, 3.05) is 30.5 Å². The molecule has 0 bridgehead atoms. The molecule has 1 N–H and O–H groups in total. The molecule has 0 radical (unpaired) electrons.